The highest BCUT2D eigenvalue weighted by molar-refractivity contribution is 7.89. The molecule has 116 valence electrons. The lowest BCUT2D eigenvalue weighted by Gasteiger charge is -2.32. The summed E-state index contributed by atoms with van der Waals surface area (Å²) in [5.41, 5.74) is -0.777. The third-order valence-electron chi connectivity index (χ3n) is 4.18. The number of nitrogens with zero attached hydrogens (tertiary/aromatic N) is 3. The fourth-order valence-corrected chi connectivity index (χ4v) is 4.03. The van der Waals surface area contributed by atoms with Gasteiger partial charge in [-0.05, 0) is 43.9 Å². The number of methoxy groups -OCH3 is 1. The summed E-state index contributed by atoms with van der Waals surface area (Å²) < 4.78 is 31.9. The molecule has 1 aromatic carbocycles. The van der Waals surface area contributed by atoms with E-state index < -0.39 is 15.6 Å². The van der Waals surface area contributed by atoms with Gasteiger partial charge in [-0.15, -0.1) is 0 Å². The summed E-state index contributed by atoms with van der Waals surface area (Å²) in [6, 6.07) is 8.21. The summed E-state index contributed by atoms with van der Waals surface area (Å²) >= 11 is 0. The SMILES string of the molecule is COc1cc(C#N)ccc1S(=O)(=O)N(C)[C@](C)(C#N)C1CC1. The minimum Gasteiger partial charge on any atom is -0.495 e. The number of nitriles is 2. The van der Waals surface area contributed by atoms with Gasteiger partial charge in [-0.3, -0.25) is 0 Å². The number of hydrogen-bond acceptors (Lipinski definition) is 5. The van der Waals surface area contributed by atoms with Gasteiger partial charge in [0, 0.05) is 7.05 Å². The van der Waals surface area contributed by atoms with Crippen LogP contribution in [0.4, 0.5) is 0 Å². The molecule has 22 heavy (non-hydrogen) atoms. The van der Waals surface area contributed by atoms with E-state index >= 15 is 0 Å². The lowest BCUT2D eigenvalue weighted by molar-refractivity contribution is 0.275. The van der Waals surface area contributed by atoms with Crippen LogP contribution in [0.15, 0.2) is 23.1 Å². The van der Waals surface area contributed by atoms with Gasteiger partial charge in [0.05, 0.1) is 24.8 Å². The monoisotopic (exact) mass is 319 g/mol. The second-order valence-corrected chi connectivity index (χ2v) is 7.42. The van der Waals surface area contributed by atoms with E-state index in [1.807, 2.05) is 6.07 Å². The molecule has 7 heteroatoms. The summed E-state index contributed by atoms with van der Waals surface area (Å²) in [6.07, 6.45) is 1.68. The molecular weight excluding hydrogens is 302 g/mol. The Morgan fingerprint density at radius 3 is 2.45 bits per heavy atom. The molecule has 0 amide bonds. The van der Waals surface area contributed by atoms with Crippen LogP contribution in [0.2, 0.25) is 0 Å². The van der Waals surface area contributed by atoms with Crippen molar-refractivity contribution in [1.29, 1.82) is 10.5 Å². The van der Waals surface area contributed by atoms with Crippen molar-refractivity contribution in [3.8, 4) is 17.9 Å². The van der Waals surface area contributed by atoms with Crippen molar-refractivity contribution in [3.63, 3.8) is 0 Å². The number of sulfonamides is 1. The number of hydrogen-bond donors (Lipinski definition) is 0. The van der Waals surface area contributed by atoms with Crippen molar-refractivity contribution in [2.75, 3.05) is 14.2 Å². The van der Waals surface area contributed by atoms with Crippen molar-refractivity contribution in [3.05, 3.63) is 23.8 Å². The first-order chi connectivity index (χ1) is 10.3. The Kier molecular flexibility index (Phi) is 4.15. The Morgan fingerprint density at radius 2 is 2.00 bits per heavy atom. The molecule has 0 N–H and O–H groups in total. The van der Waals surface area contributed by atoms with Crippen LogP contribution in [0, 0.1) is 28.6 Å². The molecule has 0 bridgehead atoms. The average Bonchev–Trinajstić information content (AvgIpc) is 3.37. The standard InChI is InChI=1S/C15H17N3O3S/c1-15(10-17,12-5-6-12)18(2)22(19,20)14-7-4-11(9-16)8-13(14)21-3/h4,7-8,12H,5-6H2,1-3H3/t15-/m1/s1. The van der Waals surface area contributed by atoms with E-state index in [1.54, 1.807) is 6.92 Å². The van der Waals surface area contributed by atoms with Gasteiger partial charge in [0.15, 0.2) is 0 Å². The largest absolute Gasteiger partial charge is 0.495 e. The molecule has 1 aliphatic carbocycles. The summed E-state index contributed by atoms with van der Waals surface area (Å²) in [6.45, 7) is 1.64. The summed E-state index contributed by atoms with van der Waals surface area (Å²) in [5, 5.41) is 18.4. The van der Waals surface area contributed by atoms with Crippen LogP contribution in [-0.2, 0) is 10.0 Å². The highest BCUT2D eigenvalue weighted by atomic mass is 32.2. The topological polar surface area (TPSA) is 94.2 Å². The molecule has 1 aromatic rings. The molecule has 0 spiro atoms. The van der Waals surface area contributed by atoms with Crippen molar-refractivity contribution < 1.29 is 13.2 Å². The fraction of sp³-hybridized carbons (Fsp3) is 0.467. The molecule has 0 saturated heterocycles. The molecule has 2 rings (SSSR count). The second-order valence-electron chi connectivity index (χ2n) is 5.48. The van der Waals surface area contributed by atoms with Gasteiger partial charge in [-0.2, -0.15) is 14.8 Å². The number of ether oxygens (including phenoxy) is 1. The number of rotatable bonds is 5. The molecular formula is C15H17N3O3S. The van der Waals surface area contributed by atoms with E-state index in [4.69, 9.17) is 10.00 Å². The predicted molar refractivity (Wildman–Crippen MR) is 79.4 cm³/mol. The Bertz CT molecular complexity index is 772. The van der Waals surface area contributed by atoms with E-state index in [-0.39, 0.29) is 16.6 Å². The van der Waals surface area contributed by atoms with Crippen LogP contribution in [0.25, 0.3) is 0 Å². The van der Waals surface area contributed by atoms with Gasteiger partial charge in [0.2, 0.25) is 10.0 Å². The van der Waals surface area contributed by atoms with E-state index in [0.29, 0.717) is 5.56 Å². The van der Waals surface area contributed by atoms with E-state index in [0.717, 1.165) is 17.1 Å². The molecule has 6 nitrogen and oxygen atoms in total. The second kappa shape index (κ2) is 5.60. The summed E-state index contributed by atoms with van der Waals surface area (Å²) in [7, 11) is -1.15. The Hall–Kier alpha value is -2.09. The zero-order chi connectivity index (χ0) is 16.5. The van der Waals surface area contributed by atoms with Gasteiger partial charge >= 0.3 is 0 Å². The summed E-state index contributed by atoms with van der Waals surface area (Å²) in [5.74, 6) is 0.142. The van der Waals surface area contributed by atoms with Gasteiger partial charge in [0.1, 0.15) is 16.2 Å². The van der Waals surface area contributed by atoms with E-state index in [2.05, 4.69) is 6.07 Å². The van der Waals surface area contributed by atoms with Crippen LogP contribution < -0.4 is 4.74 Å². The first-order valence-corrected chi connectivity index (χ1v) is 8.23. The third kappa shape index (κ3) is 2.54. The molecule has 1 fully saturated rings. The molecule has 0 unspecified atom stereocenters. The van der Waals surface area contributed by atoms with Crippen LogP contribution in [0.5, 0.6) is 5.75 Å². The molecule has 0 radical (unpaired) electrons. The average molecular weight is 319 g/mol. The highest BCUT2D eigenvalue weighted by Gasteiger charge is 2.49. The van der Waals surface area contributed by atoms with Gasteiger partial charge in [0.25, 0.3) is 0 Å². The molecule has 1 aliphatic rings. The zero-order valence-corrected chi connectivity index (χ0v) is 13.5. The van der Waals surface area contributed by atoms with Crippen LogP contribution >= 0.6 is 0 Å². The lowest BCUT2D eigenvalue weighted by Crippen LogP contribution is -2.47. The highest BCUT2D eigenvalue weighted by Crippen LogP contribution is 2.44. The lowest BCUT2D eigenvalue weighted by atomic mass is 9.99. The minimum absolute atomic E-state index is 0.0429. The quantitative estimate of drug-likeness (QED) is 0.826. The van der Waals surface area contributed by atoms with Crippen LogP contribution in [0.3, 0.4) is 0 Å². The Morgan fingerprint density at radius 1 is 1.36 bits per heavy atom. The van der Waals surface area contributed by atoms with Crippen LogP contribution in [-0.4, -0.2) is 32.4 Å². The Labute approximate surface area is 130 Å². The first-order valence-electron chi connectivity index (χ1n) is 6.79. The van der Waals surface area contributed by atoms with Crippen molar-refractivity contribution in [2.24, 2.45) is 5.92 Å². The molecule has 0 aromatic heterocycles. The third-order valence-corrected chi connectivity index (χ3v) is 6.18. The van der Waals surface area contributed by atoms with Crippen molar-refractivity contribution in [1.82, 2.24) is 4.31 Å². The molecule has 1 atom stereocenters. The Balaban J connectivity index is 2.51. The number of benzene rings is 1. The van der Waals surface area contributed by atoms with Gasteiger partial charge < -0.3 is 4.74 Å². The summed E-state index contributed by atoms with van der Waals surface area (Å²) in [4.78, 5) is -0.0429. The predicted octanol–water partition coefficient (Wildman–Crippen LogP) is 1.88. The zero-order valence-electron chi connectivity index (χ0n) is 12.7. The maximum absolute atomic E-state index is 12.9. The maximum Gasteiger partial charge on any atom is 0.247 e. The molecule has 0 heterocycles. The smallest absolute Gasteiger partial charge is 0.247 e. The van der Waals surface area contributed by atoms with Crippen LogP contribution in [0.1, 0.15) is 25.3 Å². The van der Waals surface area contributed by atoms with E-state index in [1.165, 1.54) is 32.4 Å². The van der Waals surface area contributed by atoms with Crippen molar-refractivity contribution >= 4 is 10.0 Å². The maximum atomic E-state index is 12.9. The van der Waals surface area contributed by atoms with E-state index in [9.17, 15) is 13.7 Å². The van der Waals surface area contributed by atoms with Crippen molar-refractivity contribution in [2.45, 2.75) is 30.2 Å². The minimum atomic E-state index is -3.91. The fourth-order valence-electron chi connectivity index (χ4n) is 2.41. The normalized spacial score (nSPS) is 17.4. The first kappa shape index (κ1) is 16.3. The molecule has 1 saturated carbocycles. The van der Waals surface area contributed by atoms with Gasteiger partial charge in [-0.25, -0.2) is 8.42 Å². The van der Waals surface area contributed by atoms with Gasteiger partial charge in [-0.1, -0.05) is 0 Å². The molecule has 0 aliphatic heterocycles.